The van der Waals surface area contributed by atoms with Crippen molar-refractivity contribution in [3.05, 3.63) is 58.5 Å². The molecule has 176 valence electrons. The first-order valence-electron chi connectivity index (χ1n) is 11.7. The van der Waals surface area contributed by atoms with Gasteiger partial charge in [0.15, 0.2) is 11.5 Å². The highest BCUT2D eigenvalue weighted by atomic mass is 32.1. The lowest BCUT2D eigenvalue weighted by Crippen LogP contribution is -2.33. The summed E-state index contributed by atoms with van der Waals surface area (Å²) in [6.07, 6.45) is 4.50. The summed E-state index contributed by atoms with van der Waals surface area (Å²) in [5.74, 6) is 1.63. The minimum absolute atomic E-state index is 0.207. The molecule has 6 heteroatoms. The summed E-state index contributed by atoms with van der Waals surface area (Å²) < 4.78 is 12.2. The van der Waals surface area contributed by atoms with Crippen LogP contribution in [-0.4, -0.2) is 63.2 Å². The van der Waals surface area contributed by atoms with Gasteiger partial charge < -0.3 is 19.3 Å². The van der Waals surface area contributed by atoms with Crippen molar-refractivity contribution in [2.45, 2.75) is 32.1 Å². The Bertz CT molecular complexity index is 1090. The van der Waals surface area contributed by atoms with Crippen LogP contribution in [0.3, 0.4) is 0 Å². The predicted molar refractivity (Wildman–Crippen MR) is 136 cm³/mol. The van der Waals surface area contributed by atoms with Crippen molar-refractivity contribution in [1.29, 1.82) is 0 Å². The van der Waals surface area contributed by atoms with E-state index in [9.17, 15) is 4.79 Å². The molecule has 0 aliphatic carbocycles. The highest BCUT2D eigenvalue weighted by molar-refractivity contribution is 7.17. The van der Waals surface area contributed by atoms with Gasteiger partial charge in [0.05, 0.1) is 20.6 Å². The second-order valence-electron chi connectivity index (χ2n) is 8.80. The number of benzene rings is 2. The summed E-state index contributed by atoms with van der Waals surface area (Å²) in [5.41, 5.74) is 3.69. The number of amides is 1. The van der Waals surface area contributed by atoms with Crippen molar-refractivity contribution in [1.82, 2.24) is 9.80 Å². The molecule has 3 aromatic rings. The molecule has 1 aliphatic rings. The Labute approximate surface area is 200 Å². The molecule has 0 unspecified atom stereocenters. The average molecular weight is 467 g/mol. The van der Waals surface area contributed by atoms with Crippen LogP contribution in [0.2, 0.25) is 0 Å². The normalized spacial score (nSPS) is 13.9. The van der Waals surface area contributed by atoms with Crippen LogP contribution < -0.4 is 9.47 Å². The molecule has 0 bridgehead atoms. The van der Waals surface area contributed by atoms with Crippen LogP contribution in [0, 0.1) is 0 Å². The SMILES string of the molecule is COc1cc2c(cc1OC)CC(=O)N(CCCCN(C)CCc1csc3ccccc13)CC2. The van der Waals surface area contributed by atoms with E-state index in [0.717, 1.165) is 63.2 Å². The predicted octanol–water partition coefficient (Wildman–Crippen LogP) is 4.80. The number of methoxy groups -OCH3 is 2. The smallest absolute Gasteiger partial charge is 0.227 e. The molecule has 0 saturated carbocycles. The van der Waals surface area contributed by atoms with Gasteiger partial charge in [0, 0.05) is 24.3 Å². The number of ether oxygens (including phenoxy) is 2. The van der Waals surface area contributed by atoms with E-state index in [4.69, 9.17) is 9.47 Å². The van der Waals surface area contributed by atoms with E-state index in [0.29, 0.717) is 12.2 Å². The standard InChI is InChI=1S/C27H34N2O3S/c1-28(14-10-21-19-33-26-9-5-4-8-23(21)26)12-6-7-13-29-15-11-20-16-24(31-2)25(32-3)17-22(20)18-27(29)30/h4-5,8-9,16-17,19H,6-7,10-15,18H2,1-3H3. The van der Waals surface area contributed by atoms with Gasteiger partial charge in [0.2, 0.25) is 5.91 Å². The van der Waals surface area contributed by atoms with Crippen LogP contribution in [-0.2, 0) is 24.1 Å². The maximum Gasteiger partial charge on any atom is 0.227 e. The summed E-state index contributed by atoms with van der Waals surface area (Å²) in [6, 6.07) is 12.6. The molecule has 0 atom stereocenters. The number of nitrogens with zero attached hydrogens (tertiary/aromatic N) is 2. The Morgan fingerprint density at radius 2 is 1.79 bits per heavy atom. The highest BCUT2D eigenvalue weighted by Crippen LogP contribution is 2.32. The third kappa shape index (κ3) is 5.68. The zero-order valence-corrected chi connectivity index (χ0v) is 20.7. The second kappa shape index (κ2) is 11.0. The summed E-state index contributed by atoms with van der Waals surface area (Å²) in [4.78, 5) is 17.3. The zero-order valence-electron chi connectivity index (χ0n) is 19.9. The van der Waals surface area contributed by atoms with E-state index in [-0.39, 0.29) is 5.91 Å². The first-order chi connectivity index (χ1) is 16.1. The molecule has 5 nitrogen and oxygen atoms in total. The molecule has 2 heterocycles. The minimum Gasteiger partial charge on any atom is -0.493 e. The summed E-state index contributed by atoms with van der Waals surface area (Å²) in [6.45, 7) is 3.70. The van der Waals surface area contributed by atoms with E-state index >= 15 is 0 Å². The Hall–Kier alpha value is -2.57. The number of unbranched alkanes of at least 4 members (excludes halogenated alkanes) is 1. The van der Waals surface area contributed by atoms with E-state index in [2.05, 4.69) is 41.6 Å². The third-order valence-corrected chi connectivity index (χ3v) is 7.61. The molecule has 0 N–H and O–H groups in total. The van der Waals surface area contributed by atoms with Crippen LogP contribution in [0.15, 0.2) is 41.8 Å². The zero-order chi connectivity index (χ0) is 23.2. The van der Waals surface area contributed by atoms with Gasteiger partial charge in [0.25, 0.3) is 0 Å². The van der Waals surface area contributed by atoms with Gasteiger partial charge in [-0.25, -0.2) is 0 Å². The summed E-state index contributed by atoms with van der Waals surface area (Å²) in [7, 11) is 5.48. The van der Waals surface area contributed by atoms with Crippen molar-refractivity contribution >= 4 is 27.3 Å². The first kappa shape index (κ1) is 23.6. The van der Waals surface area contributed by atoms with Gasteiger partial charge in [-0.15, -0.1) is 11.3 Å². The van der Waals surface area contributed by atoms with Gasteiger partial charge in [-0.05, 0) is 84.9 Å². The molecule has 33 heavy (non-hydrogen) atoms. The monoisotopic (exact) mass is 466 g/mol. The van der Waals surface area contributed by atoms with Crippen molar-refractivity contribution < 1.29 is 14.3 Å². The third-order valence-electron chi connectivity index (χ3n) is 6.59. The van der Waals surface area contributed by atoms with Crippen LogP contribution in [0.1, 0.15) is 29.5 Å². The van der Waals surface area contributed by atoms with E-state index in [1.807, 2.05) is 28.4 Å². The minimum atomic E-state index is 0.207. The van der Waals surface area contributed by atoms with Crippen LogP contribution in [0.25, 0.3) is 10.1 Å². The molecular weight excluding hydrogens is 432 g/mol. The van der Waals surface area contributed by atoms with Crippen LogP contribution in [0.5, 0.6) is 11.5 Å². The molecule has 4 rings (SSSR count). The quantitative estimate of drug-likeness (QED) is 0.403. The second-order valence-corrected chi connectivity index (χ2v) is 9.71. The summed E-state index contributed by atoms with van der Waals surface area (Å²) in [5, 5.41) is 3.69. The van der Waals surface area contributed by atoms with Gasteiger partial charge in [-0.3, -0.25) is 4.79 Å². The topological polar surface area (TPSA) is 42.0 Å². The van der Waals surface area contributed by atoms with Crippen LogP contribution in [0.4, 0.5) is 0 Å². The molecular formula is C27H34N2O3S. The molecule has 1 aromatic heterocycles. The Kier molecular flexibility index (Phi) is 7.89. The van der Waals surface area contributed by atoms with Gasteiger partial charge in [-0.2, -0.15) is 0 Å². The van der Waals surface area contributed by atoms with Gasteiger partial charge in [0.1, 0.15) is 0 Å². The lowest BCUT2D eigenvalue weighted by Gasteiger charge is -2.21. The Morgan fingerprint density at radius 1 is 1.03 bits per heavy atom. The van der Waals surface area contributed by atoms with Crippen LogP contribution >= 0.6 is 11.3 Å². The molecule has 1 aliphatic heterocycles. The lowest BCUT2D eigenvalue weighted by atomic mass is 10.0. The van der Waals surface area contributed by atoms with Crippen molar-refractivity contribution in [2.75, 3.05) is 47.4 Å². The maximum absolute atomic E-state index is 12.8. The van der Waals surface area contributed by atoms with Gasteiger partial charge >= 0.3 is 0 Å². The van der Waals surface area contributed by atoms with Crippen molar-refractivity contribution in [2.24, 2.45) is 0 Å². The van der Waals surface area contributed by atoms with Crippen molar-refractivity contribution in [3.63, 3.8) is 0 Å². The molecule has 2 aromatic carbocycles. The van der Waals surface area contributed by atoms with E-state index in [1.54, 1.807) is 14.2 Å². The number of hydrogen-bond donors (Lipinski definition) is 0. The number of rotatable bonds is 10. The fourth-order valence-corrected chi connectivity index (χ4v) is 5.58. The Morgan fingerprint density at radius 3 is 2.58 bits per heavy atom. The number of carbonyl (C=O) groups is 1. The Balaban J connectivity index is 1.22. The van der Waals surface area contributed by atoms with Crippen molar-refractivity contribution in [3.8, 4) is 11.5 Å². The van der Waals surface area contributed by atoms with E-state index in [1.165, 1.54) is 21.2 Å². The van der Waals surface area contributed by atoms with E-state index < -0.39 is 0 Å². The number of hydrogen-bond acceptors (Lipinski definition) is 5. The summed E-state index contributed by atoms with van der Waals surface area (Å²) >= 11 is 1.83. The fraction of sp³-hybridized carbons (Fsp3) is 0.444. The average Bonchev–Trinajstić information content (AvgIpc) is 3.18. The number of thiophene rings is 1. The lowest BCUT2D eigenvalue weighted by molar-refractivity contribution is -0.130. The van der Waals surface area contributed by atoms with Gasteiger partial charge in [-0.1, -0.05) is 18.2 Å². The highest BCUT2D eigenvalue weighted by Gasteiger charge is 2.22. The number of carbonyl (C=O) groups excluding carboxylic acids is 1. The molecule has 0 spiro atoms. The molecule has 1 amide bonds. The molecule has 0 fully saturated rings. The first-order valence-corrected chi connectivity index (χ1v) is 12.6. The number of likely N-dealkylation sites (N-methyl/N-ethyl adjacent to an activating group) is 1. The fourth-order valence-electron chi connectivity index (χ4n) is 4.59. The molecule has 0 radical (unpaired) electrons. The number of fused-ring (bicyclic) bond motifs is 2. The molecule has 0 saturated heterocycles. The maximum atomic E-state index is 12.8. The largest absolute Gasteiger partial charge is 0.493 e.